The molecule has 1 amide bonds. The van der Waals surface area contributed by atoms with E-state index < -0.39 is 0 Å². The highest BCUT2D eigenvalue weighted by Gasteiger charge is 2.13. The third-order valence-electron chi connectivity index (χ3n) is 2.50. The Morgan fingerprint density at radius 1 is 1.50 bits per heavy atom. The lowest BCUT2D eigenvalue weighted by molar-refractivity contribution is -0.120. The fourth-order valence-corrected chi connectivity index (χ4v) is 1.70. The number of likely N-dealkylation sites (N-methyl/N-ethyl adjacent to an activating group) is 1. The number of anilines is 2. The van der Waals surface area contributed by atoms with E-state index in [1.807, 2.05) is 20.8 Å². The van der Waals surface area contributed by atoms with Crippen LogP contribution in [0, 0.1) is 5.82 Å². The van der Waals surface area contributed by atoms with Crippen molar-refractivity contribution in [3.63, 3.8) is 0 Å². The minimum Gasteiger partial charge on any atom is -0.397 e. The van der Waals surface area contributed by atoms with Gasteiger partial charge in [-0.15, -0.1) is 0 Å². The van der Waals surface area contributed by atoms with Gasteiger partial charge >= 0.3 is 0 Å². The normalized spacial score (nSPS) is 10.5. The van der Waals surface area contributed by atoms with Crippen molar-refractivity contribution >= 4 is 17.3 Å². The van der Waals surface area contributed by atoms with Crippen LogP contribution in [0.2, 0.25) is 0 Å². The molecule has 0 unspecified atom stereocenters. The van der Waals surface area contributed by atoms with Gasteiger partial charge in [0, 0.05) is 12.6 Å². The number of amides is 1. The molecule has 18 heavy (non-hydrogen) atoms. The molecule has 0 aliphatic rings. The average Bonchev–Trinajstić information content (AvgIpc) is 2.28. The van der Waals surface area contributed by atoms with Gasteiger partial charge < -0.3 is 16.0 Å². The van der Waals surface area contributed by atoms with Crippen molar-refractivity contribution in [2.45, 2.75) is 26.8 Å². The predicted molar refractivity (Wildman–Crippen MR) is 72.0 cm³/mol. The maximum atomic E-state index is 13.2. The molecule has 0 heterocycles. The Hall–Kier alpha value is -1.78. The molecule has 100 valence electrons. The van der Waals surface area contributed by atoms with Crippen molar-refractivity contribution in [3.05, 3.63) is 24.0 Å². The molecule has 4 nitrogen and oxygen atoms in total. The van der Waals surface area contributed by atoms with E-state index in [9.17, 15) is 9.18 Å². The van der Waals surface area contributed by atoms with E-state index in [1.165, 1.54) is 18.2 Å². The fourth-order valence-electron chi connectivity index (χ4n) is 1.70. The van der Waals surface area contributed by atoms with Gasteiger partial charge in [0.15, 0.2) is 0 Å². The number of halogens is 1. The summed E-state index contributed by atoms with van der Waals surface area (Å²) in [5.74, 6) is -0.461. The predicted octanol–water partition coefficient (Wildman–Crippen LogP) is 1.76. The van der Waals surface area contributed by atoms with E-state index in [1.54, 1.807) is 4.90 Å². The van der Waals surface area contributed by atoms with E-state index in [0.717, 1.165) is 0 Å². The third kappa shape index (κ3) is 3.91. The Morgan fingerprint density at radius 3 is 2.72 bits per heavy atom. The first-order valence-corrected chi connectivity index (χ1v) is 6.03. The lowest BCUT2D eigenvalue weighted by Crippen LogP contribution is -2.40. The van der Waals surface area contributed by atoms with E-state index >= 15 is 0 Å². The molecule has 0 atom stereocenters. The van der Waals surface area contributed by atoms with Crippen LogP contribution in [0.4, 0.5) is 15.8 Å². The number of carbonyl (C=O) groups is 1. The highest BCUT2D eigenvalue weighted by Crippen LogP contribution is 2.23. The molecule has 0 bridgehead atoms. The zero-order chi connectivity index (χ0) is 13.7. The zero-order valence-electron chi connectivity index (χ0n) is 11.0. The number of nitrogens with two attached hydrogens (primary N) is 1. The molecular formula is C13H20FN3O. The number of carbonyl (C=O) groups excluding carboxylic acids is 1. The summed E-state index contributed by atoms with van der Waals surface area (Å²) in [6.07, 6.45) is 0. The average molecular weight is 253 g/mol. The summed E-state index contributed by atoms with van der Waals surface area (Å²) >= 11 is 0. The minimum atomic E-state index is -0.359. The molecule has 0 aliphatic heterocycles. The van der Waals surface area contributed by atoms with Crippen LogP contribution >= 0.6 is 0 Å². The van der Waals surface area contributed by atoms with Gasteiger partial charge in [-0.1, -0.05) is 0 Å². The van der Waals surface area contributed by atoms with Crippen LogP contribution in [0.3, 0.4) is 0 Å². The molecule has 0 radical (unpaired) electrons. The van der Waals surface area contributed by atoms with Gasteiger partial charge in [0.25, 0.3) is 0 Å². The molecule has 1 aromatic carbocycles. The highest BCUT2D eigenvalue weighted by atomic mass is 19.1. The quantitative estimate of drug-likeness (QED) is 0.786. The number of rotatable bonds is 5. The SMILES string of the molecule is CCN(CC(=O)NC(C)C)c1cc(F)ccc1N. The summed E-state index contributed by atoms with van der Waals surface area (Å²) in [7, 11) is 0. The molecule has 0 saturated heterocycles. The van der Waals surface area contributed by atoms with Crippen LogP contribution in [0.15, 0.2) is 18.2 Å². The highest BCUT2D eigenvalue weighted by molar-refractivity contribution is 5.83. The van der Waals surface area contributed by atoms with Gasteiger partial charge in [-0.3, -0.25) is 4.79 Å². The van der Waals surface area contributed by atoms with Crippen molar-refractivity contribution in [1.82, 2.24) is 5.32 Å². The number of benzene rings is 1. The van der Waals surface area contributed by atoms with E-state index in [-0.39, 0.29) is 24.3 Å². The van der Waals surface area contributed by atoms with Crippen LogP contribution < -0.4 is 16.0 Å². The first kappa shape index (κ1) is 14.3. The third-order valence-corrected chi connectivity index (χ3v) is 2.50. The smallest absolute Gasteiger partial charge is 0.239 e. The number of hydrogen-bond donors (Lipinski definition) is 2. The summed E-state index contributed by atoms with van der Waals surface area (Å²) < 4.78 is 13.2. The fraction of sp³-hybridized carbons (Fsp3) is 0.462. The molecule has 0 spiro atoms. The molecule has 1 rings (SSSR count). The molecule has 0 fully saturated rings. The molecule has 0 aliphatic carbocycles. The summed E-state index contributed by atoms with van der Waals surface area (Å²) in [4.78, 5) is 13.5. The van der Waals surface area contributed by atoms with Crippen LogP contribution in [0.25, 0.3) is 0 Å². The van der Waals surface area contributed by atoms with Crippen molar-refractivity contribution in [2.75, 3.05) is 23.7 Å². The van der Waals surface area contributed by atoms with E-state index in [2.05, 4.69) is 5.32 Å². The summed E-state index contributed by atoms with van der Waals surface area (Å²) in [5.41, 5.74) is 6.82. The first-order chi connectivity index (χ1) is 8.43. The van der Waals surface area contributed by atoms with Gasteiger partial charge in [0.2, 0.25) is 5.91 Å². The lowest BCUT2D eigenvalue weighted by atomic mass is 10.2. The summed E-state index contributed by atoms with van der Waals surface area (Å²) in [6.45, 7) is 6.43. The lowest BCUT2D eigenvalue weighted by Gasteiger charge is -2.24. The Morgan fingerprint density at radius 2 is 2.17 bits per heavy atom. The maximum Gasteiger partial charge on any atom is 0.239 e. The van der Waals surface area contributed by atoms with E-state index in [0.29, 0.717) is 17.9 Å². The van der Waals surface area contributed by atoms with Crippen LogP contribution in [-0.4, -0.2) is 25.0 Å². The van der Waals surface area contributed by atoms with Crippen LogP contribution in [0.1, 0.15) is 20.8 Å². The molecule has 0 saturated carbocycles. The van der Waals surface area contributed by atoms with Gasteiger partial charge in [-0.05, 0) is 39.0 Å². The van der Waals surface area contributed by atoms with E-state index in [4.69, 9.17) is 5.73 Å². The molecule has 5 heteroatoms. The molecule has 3 N–H and O–H groups in total. The Labute approximate surface area is 107 Å². The topological polar surface area (TPSA) is 58.4 Å². The second-order valence-corrected chi connectivity index (χ2v) is 4.44. The largest absolute Gasteiger partial charge is 0.397 e. The van der Waals surface area contributed by atoms with Crippen molar-refractivity contribution in [1.29, 1.82) is 0 Å². The second kappa shape index (κ2) is 6.23. The van der Waals surface area contributed by atoms with Gasteiger partial charge in [0.05, 0.1) is 17.9 Å². The Kier molecular flexibility index (Phi) is 4.95. The summed E-state index contributed by atoms with van der Waals surface area (Å²) in [6, 6.07) is 4.25. The van der Waals surface area contributed by atoms with Gasteiger partial charge in [-0.25, -0.2) is 4.39 Å². The Bertz CT molecular complexity index is 421. The van der Waals surface area contributed by atoms with Crippen molar-refractivity contribution in [2.24, 2.45) is 0 Å². The Balaban J connectivity index is 2.83. The first-order valence-electron chi connectivity index (χ1n) is 6.03. The molecular weight excluding hydrogens is 233 g/mol. The standard InChI is InChI=1S/C13H20FN3O/c1-4-17(8-13(18)16-9(2)3)12-7-10(14)5-6-11(12)15/h5-7,9H,4,8,15H2,1-3H3,(H,16,18). The van der Waals surface area contributed by atoms with Gasteiger partial charge in [0.1, 0.15) is 5.82 Å². The number of nitrogens with zero attached hydrogens (tertiary/aromatic N) is 1. The summed E-state index contributed by atoms with van der Waals surface area (Å²) in [5, 5.41) is 2.80. The van der Waals surface area contributed by atoms with Crippen LogP contribution in [0.5, 0.6) is 0 Å². The number of nitrogen functional groups attached to an aromatic ring is 1. The van der Waals surface area contributed by atoms with Crippen LogP contribution in [-0.2, 0) is 4.79 Å². The molecule has 1 aromatic rings. The monoisotopic (exact) mass is 253 g/mol. The molecule has 0 aromatic heterocycles. The minimum absolute atomic E-state index is 0.0843. The second-order valence-electron chi connectivity index (χ2n) is 4.44. The van der Waals surface area contributed by atoms with Crippen molar-refractivity contribution < 1.29 is 9.18 Å². The van der Waals surface area contributed by atoms with Crippen molar-refractivity contribution in [3.8, 4) is 0 Å². The number of hydrogen-bond acceptors (Lipinski definition) is 3. The zero-order valence-corrected chi connectivity index (χ0v) is 11.0. The van der Waals surface area contributed by atoms with Gasteiger partial charge in [-0.2, -0.15) is 0 Å². The maximum absolute atomic E-state index is 13.2. The number of nitrogens with one attached hydrogen (secondary N) is 1.